The van der Waals surface area contributed by atoms with Crippen LogP contribution in [-0.2, 0) is 6.54 Å². The summed E-state index contributed by atoms with van der Waals surface area (Å²) in [7, 11) is 0. The number of imidazole rings is 1. The number of nitrogens with zero attached hydrogens (tertiary/aromatic N) is 3. The molecule has 0 spiro atoms. The monoisotopic (exact) mass is 259 g/mol. The lowest BCUT2D eigenvalue weighted by Gasteiger charge is -2.32. The van der Waals surface area contributed by atoms with Gasteiger partial charge in [0.2, 0.25) is 0 Å². The molecule has 1 aromatic heterocycles. The molecule has 2 rings (SSSR count). The van der Waals surface area contributed by atoms with E-state index in [-0.39, 0.29) is 6.10 Å². The summed E-state index contributed by atoms with van der Waals surface area (Å²) in [4.78, 5) is 6.09. The van der Waals surface area contributed by atoms with Crippen LogP contribution in [0.25, 0.3) is 0 Å². The van der Waals surface area contributed by atoms with Crippen molar-refractivity contribution in [2.24, 2.45) is 5.92 Å². The van der Waals surface area contributed by atoms with Gasteiger partial charge in [0.1, 0.15) is 5.82 Å². The Bertz CT molecular complexity index is 373. The van der Waals surface area contributed by atoms with Gasteiger partial charge in [-0.1, -0.05) is 0 Å². The molecule has 0 radical (unpaired) electrons. The third-order valence-corrected chi connectivity index (χ3v) is 3.64. The summed E-state index contributed by atoms with van der Waals surface area (Å²) in [5, 5.41) is 9.50. The van der Waals surface area contributed by atoms with Gasteiger partial charge in [-0.3, -0.25) is 9.47 Å². The Labute approximate surface area is 105 Å². The van der Waals surface area contributed by atoms with E-state index < -0.39 is 6.55 Å². The molecule has 1 aliphatic heterocycles. The van der Waals surface area contributed by atoms with Crippen LogP contribution in [0.4, 0.5) is 8.78 Å². The first kappa shape index (κ1) is 13.4. The van der Waals surface area contributed by atoms with Gasteiger partial charge in [-0.2, -0.15) is 8.78 Å². The topological polar surface area (TPSA) is 41.3 Å². The maximum Gasteiger partial charge on any atom is 0.319 e. The van der Waals surface area contributed by atoms with Crippen LogP contribution in [0.1, 0.15) is 32.1 Å². The zero-order chi connectivity index (χ0) is 13.1. The zero-order valence-corrected chi connectivity index (χ0v) is 10.5. The summed E-state index contributed by atoms with van der Waals surface area (Å²) < 4.78 is 26.2. The lowest BCUT2D eigenvalue weighted by Crippen LogP contribution is -2.37. The van der Waals surface area contributed by atoms with Gasteiger partial charge in [-0.15, -0.1) is 0 Å². The maximum absolute atomic E-state index is 12.7. The zero-order valence-electron chi connectivity index (χ0n) is 10.5. The van der Waals surface area contributed by atoms with Gasteiger partial charge in [-0.05, 0) is 38.8 Å². The Kier molecular flexibility index (Phi) is 4.29. The highest BCUT2D eigenvalue weighted by Crippen LogP contribution is 2.22. The normalized spacial score (nSPS) is 20.5. The third kappa shape index (κ3) is 3.05. The molecule has 1 aliphatic rings. The average molecular weight is 259 g/mol. The minimum absolute atomic E-state index is 0.282. The largest absolute Gasteiger partial charge is 0.393 e. The smallest absolute Gasteiger partial charge is 0.319 e. The first-order valence-electron chi connectivity index (χ1n) is 6.28. The van der Waals surface area contributed by atoms with Crippen molar-refractivity contribution in [1.82, 2.24) is 14.5 Å². The molecule has 6 heteroatoms. The van der Waals surface area contributed by atoms with E-state index in [1.807, 2.05) is 6.92 Å². The maximum atomic E-state index is 12.7. The number of likely N-dealkylation sites (tertiary alicyclic amines) is 1. The molecule has 1 fully saturated rings. The molecule has 1 atom stereocenters. The summed E-state index contributed by atoms with van der Waals surface area (Å²) in [5.74, 6) is 0.733. The standard InChI is InChI=1S/C12H19F2N3O/c1-9(18)10-2-5-16(6-3-10)8-11-15-4-7-17(11)12(13)14/h4,7,9-10,12,18H,2-3,5-6,8H2,1H3. The van der Waals surface area contributed by atoms with Gasteiger partial charge in [0.25, 0.3) is 0 Å². The summed E-state index contributed by atoms with van der Waals surface area (Å²) in [5.41, 5.74) is 0. The number of aromatic nitrogens is 2. The van der Waals surface area contributed by atoms with E-state index in [2.05, 4.69) is 9.88 Å². The molecule has 18 heavy (non-hydrogen) atoms. The second-order valence-electron chi connectivity index (χ2n) is 4.88. The molecule has 0 aromatic carbocycles. The van der Waals surface area contributed by atoms with Crippen molar-refractivity contribution in [3.05, 3.63) is 18.2 Å². The molecule has 1 aromatic rings. The molecule has 2 heterocycles. The Balaban J connectivity index is 1.90. The van der Waals surface area contributed by atoms with E-state index in [0.717, 1.165) is 30.5 Å². The second kappa shape index (κ2) is 5.75. The minimum Gasteiger partial charge on any atom is -0.393 e. The van der Waals surface area contributed by atoms with E-state index in [1.165, 1.54) is 12.4 Å². The Morgan fingerprint density at radius 3 is 2.67 bits per heavy atom. The van der Waals surface area contributed by atoms with Crippen molar-refractivity contribution in [2.45, 2.75) is 39.0 Å². The summed E-state index contributed by atoms with van der Waals surface area (Å²) in [6.07, 6.45) is 4.25. The molecule has 102 valence electrons. The molecule has 1 saturated heterocycles. The second-order valence-corrected chi connectivity index (χ2v) is 4.88. The van der Waals surface area contributed by atoms with Crippen molar-refractivity contribution in [2.75, 3.05) is 13.1 Å². The fourth-order valence-corrected chi connectivity index (χ4v) is 2.44. The van der Waals surface area contributed by atoms with E-state index in [4.69, 9.17) is 0 Å². The van der Waals surface area contributed by atoms with Crippen LogP contribution in [0.2, 0.25) is 0 Å². The minimum atomic E-state index is -2.53. The first-order chi connectivity index (χ1) is 8.58. The lowest BCUT2D eigenvalue weighted by atomic mass is 9.92. The van der Waals surface area contributed by atoms with Crippen molar-refractivity contribution >= 4 is 0 Å². The van der Waals surface area contributed by atoms with Gasteiger partial charge in [-0.25, -0.2) is 4.98 Å². The van der Waals surface area contributed by atoms with Crippen molar-refractivity contribution < 1.29 is 13.9 Å². The van der Waals surface area contributed by atoms with E-state index >= 15 is 0 Å². The highest BCUT2D eigenvalue weighted by molar-refractivity contribution is 4.93. The lowest BCUT2D eigenvalue weighted by molar-refractivity contribution is 0.0540. The molecule has 0 saturated carbocycles. The highest BCUT2D eigenvalue weighted by Gasteiger charge is 2.24. The third-order valence-electron chi connectivity index (χ3n) is 3.64. The highest BCUT2D eigenvalue weighted by atomic mass is 19.3. The molecule has 4 nitrogen and oxygen atoms in total. The van der Waals surface area contributed by atoms with Crippen molar-refractivity contribution in [3.63, 3.8) is 0 Å². The van der Waals surface area contributed by atoms with Crippen molar-refractivity contribution in [1.29, 1.82) is 0 Å². The average Bonchev–Trinajstić information content (AvgIpc) is 2.78. The number of alkyl halides is 2. The fraction of sp³-hybridized carbons (Fsp3) is 0.750. The Hall–Kier alpha value is -1.01. The van der Waals surface area contributed by atoms with Crippen LogP contribution >= 0.6 is 0 Å². The van der Waals surface area contributed by atoms with Gasteiger partial charge >= 0.3 is 6.55 Å². The van der Waals surface area contributed by atoms with Crippen LogP contribution in [0.3, 0.4) is 0 Å². The first-order valence-corrected chi connectivity index (χ1v) is 6.28. The molecule has 1 N–H and O–H groups in total. The van der Waals surface area contributed by atoms with Gasteiger partial charge < -0.3 is 5.11 Å². The van der Waals surface area contributed by atoms with Crippen molar-refractivity contribution in [3.8, 4) is 0 Å². The Morgan fingerprint density at radius 2 is 2.11 bits per heavy atom. The number of halogens is 2. The van der Waals surface area contributed by atoms with Gasteiger partial charge in [0, 0.05) is 12.4 Å². The van der Waals surface area contributed by atoms with E-state index in [1.54, 1.807) is 0 Å². The Morgan fingerprint density at radius 1 is 1.44 bits per heavy atom. The van der Waals surface area contributed by atoms with E-state index in [0.29, 0.717) is 18.3 Å². The molecular weight excluding hydrogens is 240 g/mol. The number of piperidine rings is 1. The molecule has 0 aliphatic carbocycles. The van der Waals surface area contributed by atoms with Crippen LogP contribution in [0, 0.1) is 5.92 Å². The number of aliphatic hydroxyl groups excluding tert-OH is 1. The SMILES string of the molecule is CC(O)C1CCN(Cc2nccn2C(F)F)CC1. The fourth-order valence-electron chi connectivity index (χ4n) is 2.44. The molecule has 0 amide bonds. The van der Waals surface area contributed by atoms with Crippen LogP contribution in [0.5, 0.6) is 0 Å². The number of hydrogen-bond acceptors (Lipinski definition) is 3. The summed E-state index contributed by atoms with van der Waals surface area (Å²) >= 11 is 0. The predicted octanol–water partition coefficient (Wildman–Crippen LogP) is 1.87. The number of aliphatic hydroxyl groups is 1. The predicted molar refractivity (Wildman–Crippen MR) is 63.2 cm³/mol. The number of rotatable bonds is 4. The van der Waals surface area contributed by atoms with Crippen LogP contribution in [-0.4, -0.2) is 38.8 Å². The van der Waals surface area contributed by atoms with Crippen LogP contribution < -0.4 is 0 Å². The molecule has 1 unspecified atom stereocenters. The number of hydrogen-bond donors (Lipinski definition) is 1. The van der Waals surface area contributed by atoms with Gasteiger partial charge in [0.15, 0.2) is 0 Å². The van der Waals surface area contributed by atoms with Gasteiger partial charge in [0.05, 0.1) is 12.6 Å². The van der Waals surface area contributed by atoms with E-state index in [9.17, 15) is 13.9 Å². The molecular formula is C12H19F2N3O. The quantitative estimate of drug-likeness (QED) is 0.897. The summed E-state index contributed by atoms with van der Waals surface area (Å²) in [6, 6.07) is 0. The molecule has 0 bridgehead atoms. The summed E-state index contributed by atoms with van der Waals surface area (Å²) in [6.45, 7) is 1.38. The van der Waals surface area contributed by atoms with Crippen LogP contribution in [0.15, 0.2) is 12.4 Å².